The number of carbonyl (C=O) groups excluding carboxylic acids is 2. The van der Waals surface area contributed by atoms with Gasteiger partial charge in [0.25, 0.3) is 0 Å². The number of hydrogen-bond donors (Lipinski definition) is 1. The smallest absolute Gasteiger partial charge is 0.245 e. The van der Waals surface area contributed by atoms with Gasteiger partial charge in [-0.2, -0.15) is 0 Å². The average molecular weight is 296 g/mol. The van der Waals surface area contributed by atoms with Crippen molar-refractivity contribution in [1.29, 1.82) is 0 Å². The molecule has 0 saturated carbocycles. The van der Waals surface area contributed by atoms with Gasteiger partial charge in [-0.25, -0.2) is 8.78 Å². The van der Waals surface area contributed by atoms with Crippen LogP contribution in [0.15, 0.2) is 18.2 Å². The van der Waals surface area contributed by atoms with Gasteiger partial charge in [-0.05, 0) is 31.0 Å². The lowest BCUT2D eigenvalue weighted by Gasteiger charge is -2.28. The van der Waals surface area contributed by atoms with Crippen molar-refractivity contribution in [2.75, 3.05) is 0 Å². The summed E-state index contributed by atoms with van der Waals surface area (Å²) < 4.78 is 26.5. The lowest BCUT2D eigenvalue weighted by Crippen LogP contribution is -2.45. The van der Waals surface area contributed by atoms with E-state index < -0.39 is 17.7 Å². The zero-order valence-electron chi connectivity index (χ0n) is 12.0. The van der Waals surface area contributed by atoms with Gasteiger partial charge in [0.2, 0.25) is 11.8 Å². The first-order chi connectivity index (χ1) is 9.90. The average Bonchev–Trinajstić information content (AvgIpc) is 2.48. The minimum atomic E-state index is -0.679. The standard InChI is InChI=1S/C15H18F2N2O2/c1-3-13-15(21)19(9(2)4-14(20)18-13)8-10-5-11(16)7-12(17)6-10/h5-7,9,13H,3-4,8H2,1-2H3,(H,18,20). The summed E-state index contributed by atoms with van der Waals surface area (Å²) in [4.78, 5) is 25.6. The molecule has 1 saturated heterocycles. The summed E-state index contributed by atoms with van der Waals surface area (Å²) in [6.45, 7) is 3.64. The van der Waals surface area contributed by atoms with Gasteiger partial charge in [0, 0.05) is 25.1 Å². The number of carbonyl (C=O) groups is 2. The predicted molar refractivity (Wildman–Crippen MR) is 73.2 cm³/mol. The summed E-state index contributed by atoms with van der Waals surface area (Å²) in [6.07, 6.45) is 0.658. The van der Waals surface area contributed by atoms with Gasteiger partial charge < -0.3 is 10.2 Å². The van der Waals surface area contributed by atoms with Gasteiger partial charge in [-0.1, -0.05) is 6.92 Å². The first-order valence-electron chi connectivity index (χ1n) is 6.95. The van der Waals surface area contributed by atoms with E-state index in [1.807, 2.05) is 0 Å². The van der Waals surface area contributed by atoms with Crippen LogP contribution in [0.3, 0.4) is 0 Å². The minimum absolute atomic E-state index is 0.0835. The van der Waals surface area contributed by atoms with Crippen LogP contribution >= 0.6 is 0 Å². The van der Waals surface area contributed by atoms with Crippen molar-refractivity contribution in [2.24, 2.45) is 0 Å². The topological polar surface area (TPSA) is 49.4 Å². The van der Waals surface area contributed by atoms with Gasteiger partial charge >= 0.3 is 0 Å². The van der Waals surface area contributed by atoms with Crippen LogP contribution in [0.4, 0.5) is 8.78 Å². The van der Waals surface area contributed by atoms with E-state index in [0.29, 0.717) is 12.0 Å². The van der Waals surface area contributed by atoms with Crippen LogP contribution in [0.2, 0.25) is 0 Å². The zero-order chi connectivity index (χ0) is 15.6. The van der Waals surface area contributed by atoms with Crippen molar-refractivity contribution in [1.82, 2.24) is 10.2 Å². The van der Waals surface area contributed by atoms with Crippen molar-refractivity contribution in [3.63, 3.8) is 0 Å². The molecule has 0 bridgehead atoms. The fraction of sp³-hybridized carbons (Fsp3) is 0.467. The minimum Gasteiger partial charge on any atom is -0.344 e. The van der Waals surface area contributed by atoms with Crippen molar-refractivity contribution in [3.8, 4) is 0 Å². The molecule has 1 aliphatic rings. The normalized spacial score (nSPS) is 23.0. The predicted octanol–water partition coefficient (Wildman–Crippen LogP) is 1.98. The van der Waals surface area contributed by atoms with Crippen molar-refractivity contribution in [2.45, 2.75) is 45.3 Å². The second-order valence-electron chi connectivity index (χ2n) is 5.33. The van der Waals surface area contributed by atoms with Crippen LogP contribution in [0.1, 0.15) is 32.3 Å². The highest BCUT2D eigenvalue weighted by Gasteiger charge is 2.32. The molecule has 1 aromatic rings. The molecule has 6 heteroatoms. The van der Waals surface area contributed by atoms with Crippen LogP contribution in [-0.2, 0) is 16.1 Å². The maximum atomic E-state index is 13.3. The lowest BCUT2D eigenvalue weighted by atomic mass is 10.1. The molecule has 21 heavy (non-hydrogen) atoms. The Kier molecular flexibility index (Phi) is 4.55. The van der Waals surface area contributed by atoms with Crippen LogP contribution in [-0.4, -0.2) is 28.8 Å². The molecule has 2 atom stereocenters. The summed E-state index contributed by atoms with van der Waals surface area (Å²) in [5.74, 6) is -1.77. The second-order valence-corrected chi connectivity index (χ2v) is 5.33. The van der Waals surface area contributed by atoms with Gasteiger partial charge in [0.05, 0.1) is 0 Å². The summed E-state index contributed by atoms with van der Waals surface area (Å²) in [5, 5.41) is 2.67. The van der Waals surface area contributed by atoms with E-state index in [9.17, 15) is 18.4 Å². The van der Waals surface area contributed by atoms with Crippen molar-refractivity contribution >= 4 is 11.8 Å². The highest BCUT2D eigenvalue weighted by atomic mass is 19.1. The first-order valence-corrected chi connectivity index (χ1v) is 6.95. The zero-order valence-corrected chi connectivity index (χ0v) is 12.0. The Bertz CT molecular complexity index is 542. The number of amides is 2. The fourth-order valence-corrected chi connectivity index (χ4v) is 2.52. The van der Waals surface area contributed by atoms with Crippen LogP contribution in [0.5, 0.6) is 0 Å². The largest absolute Gasteiger partial charge is 0.344 e. The van der Waals surface area contributed by atoms with E-state index in [4.69, 9.17) is 0 Å². The van der Waals surface area contributed by atoms with Gasteiger partial charge in [0.1, 0.15) is 17.7 Å². The molecule has 1 N–H and O–H groups in total. The van der Waals surface area contributed by atoms with E-state index in [0.717, 1.165) is 6.07 Å². The Labute approximate surface area is 122 Å². The molecular weight excluding hydrogens is 278 g/mol. The molecular formula is C15H18F2N2O2. The number of benzene rings is 1. The molecule has 0 spiro atoms. The Hall–Kier alpha value is -1.98. The van der Waals surface area contributed by atoms with Gasteiger partial charge in [-0.3, -0.25) is 9.59 Å². The molecule has 0 aliphatic carbocycles. The molecule has 1 fully saturated rings. The molecule has 114 valence electrons. The third-order valence-electron chi connectivity index (χ3n) is 3.61. The van der Waals surface area contributed by atoms with E-state index in [1.54, 1.807) is 13.8 Å². The van der Waals surface area contributed by atoms with Crippen molar-refractivity contribution < 1.29 is 18.4 Å². The molecule has 2 unspecified atom stereocenters. The molecule has 4 nitrogen and oxygen atoms in total. The van der Waals surface area contributed by atoms with E-state index in [1.165, 1.54) is 17.0 Å². The Morgan fingerprint density at radius 2 is 1.86 bits per heavy atom. The number of nitrogens with one attached hydrogen (secondary N) is 1. The number of rotatable bonds is 3. The Morgan fingerprint density at radius 1 is 1.24 bits per heavy atom. The molecule has 2 rings (SSSR count). The molecule has 0 radical (unpaired) electrons. The van der Waals surface area contributed by atoms with Gasteiger partial charge in [-0.15, -0.1) is 0 Å². The Morgan fingerprint density at radius 3 is 2.43 bits per heavy atom. The molecule has 1 aliphatic heterocycles. The number of nitrogens with zero attached hydrogens (tertiary/aromatic N) is 1. The molecule has 1 heterocycles. The third kappa shape index (κ3) is 3.56. The maximum Gasteiger partial charge on any atom is 0.245 e. The quantitative estimate of drug-likeness (QED) is 0.927. The molecule has 0 aromatic heterocycles. The number of halogens is 2. The molecule has 1 aromatic carbocycles. The van der Waals surface area contributed by atoms with Gasteiger partial charge in [0.15, 0.2) is 0 Å². The Balaban J connectivity index is 2.26. The highest BCUT2D eigenvalue weighted by molar-refractivity contribution is 5.90. The second kappa shape index (κ2) is 6.20. The lowest BCUT2D eigenvalue weighted by molar-refractivity contribution is -0.135. The van der Waals surface area contributed by atoms with Crippen LogP contribution in [0.25, 0.3) is 0 Å². The summed E-state index contributed by atoms with van der Waals surface area (Å²) in [7, 11) is 0. The first kappa shape index (κ1) is 15.4. The third-order valence-corrected chi connectivity index (χ3v) is 3.61. The van der Waals surface area contributed by atoms with E-state index in [-0.39, 0.29) is 30.8 Å². The maximum absolute atomic E-state index is 13.3. The number of hydrogen-bond acceptors (Lipinski definition) is 2. The SMILES string of the molecule is CCC1NC(=O)CC(C)N(Cc2cc(F)cc(F)c2)C1=O. The monoisotopic (exact) mass is 296 g/mol. The summed E-state index contributed by atoms with van der Waals surface area (Å²) >= 11 is 0. The fourth-order valence-electron chi connectivity index (χ4n) is 2.52. The van der Waals surface area contributed by atoms with E-state index in [2.05, 4.69) is 5.32 Å². The summed E-state index contributed by atoms with van der Waals surface area (Å²) in [5.41, 5.74) is 0.372. The van der Waals surface area contributed by atoms with E-state index >= 15 is 0 Å². The summed E-state index contributed by atoms with van der Waals surface area (Å²) in [6, 6.07) is 2.28. The van der Waals surface area contributed by atoms with Crippen LogP contribution in [0, 0.1) is 11.6 Å². The molecule has 2 amide bonds. The highest BCUT2D eigenvalue weighted by Crippen LogP contribution is 2.18. The van der Waals surface area contributed by atoms with Crippen LogP contribution < -0.4 is 5.32 Å². The van der Waals surface area contributed by atoms with Crippen molar-refractivity contribution in [3.05, 3.63) is 35.4 Å².